The van der Waals surface area contributed by atoms with Gasteiger partial charge in [-0.05, 0) is 57.8 Å². The zero-order valence-corrected chi connectivity index (χ0v) is 16.6. The van der Waals surface area contributed by atoms with E-state index in [1.54, 1.807) is 28.6 Å². The highest BCUT2D eigenvalue weighted by atomic mass is 32.1. The first kappa shape index (κ1) is 20.0. The van der Waals surface area contributed by atoms with E-state index in [0.29, 0.717) is 12.1 Å². The second kappa shape index (κ2) is 8.35. The maximum atomic E-state index is 13.1. The molecule has 0 aliphatic rings. The molecule has 2 aromatic rings. The van der Waals surface area contributed by atoms with Gasteiger partial charge in [0.2, 0.25) is 5.91 Å². The van der Waals surface area contributed by atoms with Gasteiger partial charge in [0.1, 0.15) is 0 Å². The molecular weight excluding hydrogens is 350 g/mol. The van der Waals surface area contributed by atoms with Crippen molar-refractivity contribution in [3.63, 3.8) is 0 Å². The molecule has 0 saturated heterocycles. The van der Waals surface area contributed by atoms with Crippen LogP contribution in [0.3, 0.4) is 0 Å². The van der Waals surface area contributed by atoms with Crippen LogP contribution in [0, 0.1) is 0 Å². The number of carbonyl (C=O) groups is 2. The van der Waals surface area contributed by atoms with Gasteiger partial charge in [-0.15, -0.1) is 5.10 Å². The van der Waals surface area contributed by atoms with Crippen LogP contribution in [0.4, 0.5) is 0 Å². The molecule has 2 atom stereocenters. The van der Waals surface area contributed by atoms with Crippen LogP contribution < -0.4 is 5.32 Å². The summed E-state index contributed by atoms with van der Waals surface area (Å²) in [5, 5.41) is 8.45. The number of aromatic nitrogens is 3. The predicted molar refractivity (Wildman–Crippen MR) is 101 cm³/mol. The molecule has 0 unspecified atom stereocenters. The molecule has 7 nitrogen and oxygen atoms in total. The molecule has 8 heteroatoms. The zero-order valence-electron chi connectivity index (χ0n) is 15.8. The fourth-order valence-electron chi connectivity index (χ4n) is 2.54. The number of carbonyl (C=O) groups excluding carboxylic acids is 2. The first-order valence-electron chi connectivity index (χ1n) is 8.57. The second-order valence-corrected chi connectivity index (χ2v) is 7.77. The van der Waals surface area contributed by atoms with Crippen LogP contribution in [0.5, 0.6) is 0 Å². The van der Waals surface area contributed by atoms with Gasteiger partial charge in [-0.2, -0.15) is 0 Å². The molecule has 2 amide bonds. The molecule has 2 aromatic heterocycles. The van der Waals surface area contributed by atoms with Gasteiger partial charge >= 0.3 is 0 Å². The van der Waals surface area contributed by atoms with E-state index in [2.05, 4.69) is 19.9 Å². The molecule has 0 aliphatic heterocycles. The van der Waals surface area contributed by atoms with E-state index in [-0.39, 0.29) is 23.6 Å². The van der Waals surface area contributed by atoms with Gasteiger partial charge in [0, 0.05) is 23.2 Å². The van der Waals surface area contributed by atoms with Crippen molar-refractivity contribution in [1.29, 1.82) is 0 Å². The average Bonchev–Trinajstić information content (AvgIpc) is 3.12. The zero-order chi connectivity index (χ0) is 19.3. The average molecular weight is 375 g/mol. The Morgan fingerprint density at radius 3 is 2.54 bits per heavy atom. The molecule has 0 aromatic carbocycles. The Morgan fingerprint density at radius 2 is 2.04 bits per heavy atom. The van der Waals surface area contributed by atoms with E-state index in [4.69, 9.17) is 0 Å². The van der Waals surface area contributed by atoms with E-state index >= 15 is 0 Å². The number of pyridine rings is 1. The quantitative estimate of drug-likeness (QED) is 0.839. The molecule has 2 rings (SSSR count). The molecule has 26 heavy (non-hydrogen) atoms. The molecule has 1 N–H and O–H groups in total. The van der Waals surface area contributed by atoms with Crippen LogP contribution in [-0.4, -0.2) is 42.9 Å². The second-order valence-electron chi connectivity index (χ2n) is 7.16. The minimum absolute atomic E-state index is 0.179. The highest BCUT2D eigenvalue weighted by Crippen LogP contribution is 2.26. The lowest BCUT2D eigenvalue weighted by Gasteiger charge is -2.36. The van der Waals surface area contributed by atoms with Gasteiger partial charge in [-0.1, -0.05) is 17.5 Å². The van der Waals surface area contributed by atoms with E-state index < -0.39 is 11.6 Å². The van der Waals surface area contributed by atoms with Crippen molar-refractivity contribution in [1.82, 2.24) is 24.8 Å². The SMILES string of the molecule is CC[C@H](C)N(C(=O)c1csnn1)[C@H](C(=O)NC(C)(C)C)c1ccccn1. The molecule has 0 aliphatic carbocycles. The lowest BCUT2D eigenvalue weighted by molar-refractivity contribution is -0.128. The Balaban J connectivity index is 2.51. The lowest BCUT2D eigenvalue weighted by atomic mass is 10.0. The van der Waals surface area contributed by atoms with Crippen molar-refractivity contribution in [2.45, 2.75) is 58.7 Å². The van der Waals surface area contributed by atoms with Crippen LogP contribution in [0.1, 0.15) is 63.3 Å². The van der Waals surface area contributed by atoms with E-state index in [9.17, 15) is 9.59 Å². The highest BCUT2D eigenvalue weighted by molar-refractivity contribution is 7.03. The van der Waals surface area contributed by atoms with Gasteiger partial charge in [0.15, 0.2) is 11.7 Å². The smallest absolute Gasteiger partial charge is 0.276 e. The summed E-state index contributed by atoms with van der Waals surface area (Å²) in [6.07, 6.45) is 2.31. The number of hydrogen-bond donors (Lipinski definition) is 1. The van der Waals surface area contributed by atoms with Gasteiger partial charge in [-0.25, -0.2) is 0 Å². The molecule has 0 fully saturated rings. The van der Waals surface area contributed by atoms with Crippen LogP contribution in [0.25, 0.3) is 0 Å². The topological polar surface area (TPSA) is 88.1 Å². The maximum Gasteiger partial charge on any atom is 0.276 e. The fourth-order valence-corrected chi connectivity index (χ4v) is 2.97. The molecule has 2 heterocycles. The van der Waals surface area contributed by atoms with E-state index in [1.807, 2.05) is 40.7 Å². The standard InChI is InChI=1S/C18H25N5O2S/c1-6-12(2)23(17(25)14-11-26-22-21-14)15(13-9-7-8-10-19-13)16(24)20-18(3,4)5/h7-12,15H,6H2,1-5H3,(H,20,24)/t12-,15-/m0/s1. The Kier molecular flexibility index (Phi) is 6.42. The van der Waals surface area contributed by atoms with Crippen molar-refractivity contribution in [3.8, 4) is 0 Å². The van der Waals surface area contributed by atoms with Crippen molar-refractivity contribution in [3.05, 3.63) is 41.2 Å². The summed E-state index contributed by atoms with van der Waals surface area (Å²) in [6, 6.07) is 4.32. The summed E-state index contributed by atoms with van der Waals surface area (Å²) < 4.78 is 3.78. The van der Waals surface area contributed by atoms with Gasteiger partial charge in [0.05, 0.1) is 5.69 Å². The Bertz CT molecular complexity index is 728. The highest BCUT2D eigenvalue weighted by Gasteiger charge is 2.37. The predicted octanol–water partition coefficient (Wildman–Crippen LogP) is 2.83. The van der Waals surface area contributed by atoms with Crippen LogP contribution in [0.15, 0.2) is 29.8 Å². The fraction of sp³-hybridized carbons (Fsp3) is 0.500. The van der Waals surface area contributed by atoms with Gasteiger partial charge in [-0.3, -0.25) is 14.6 Å². The van der Waals surface area contributed by atoms with Crippen LogP contribution >= 0.6 is 11.5 Å². The molecule has 0 saturated carbocycles. The third-order valence-corrected chi connectivity index (χ3v) is 4.38. The monoisotopic (exact) mass is 375 g/mol. The van der Waals surface area contributed by atoms with E-state index in [0.717, 1.165) is 11.5 Å². The van der Waals surface area contributed by atoms with Crippen molar-refractivity contribution in [2.75, 3.05) is 0 Å². The van der Waals surface area contributed by atoms with Crippen molar-refractivity contribution < 1.29 is 9.59 Å². The Hall–Kier alpha value is -2.35. The third-order valence-electron chi connectivity index (χ3n) is 3.87. The third kappa shape index (κ3) is 4.85. The molecule has 140 valence electrons. The summed E-state index contributed by atoms with van der Waals surface area (Å²) in [5.41, 5.74) is 0.321. The van der Waals surface area contributed by atoms with Crippen LogP contribution in [0.2, 0.25) is 0 Å². The van der Waals surface area contributed by atoms with E-state index in [1.165, 1.54) is 0 Å². The largest absolute Gasteiger partial charge is 0.349 e. The summed E-state index contributed by atoms with van der Waals surface area (Å²) in [7, 11) is 0. The minimum atomic E-state index is -0.848. The minimum Gasteiger partial charge on any atom is -0.349 e. The molecule has 0 radical (unpaired) electrons. The van der Waals surface area contributed by atoms with Crippen molar-refractivity contribution in [2.24, 2.45) is 0 Å². The summed E-state index contributed by atoms with van der Waals surface area (Å²) in [4.78, 5) is 32.1. The molecular formula is C18H25N5O2S. The number of rotatable bonds is 6. The summed E-state index contributed by atoms with van der Waals surface area (Å²) in [5.74, 6) is -0.596. The van der Waals surface area contributed by atoms with Crippen molar-refractivity contribution >= 4 is 23.3 Å². The van der Waals surface area contributed by atoms with Gasteiger partial charge in [0.25, 0.3) is 5.91 Å². The number of nitrogens with one attached hydrogen (secondary N) is 1. The molecule has 0 bridgehead atoms. The normalized spacial score (nSPS) is 13.7. The van der Waals surface area contributed by atoms with Gasteiger partial charge < -0.3 is 10.2 Å². The summed E-state index contributed by atoms with van der Waals surface area (Å²) >= 11 is 1.11. The summed E-state index contributed by atoms with van der Waals surface area (Å²) in [6.45, 7) is 9.60. The first-order chi connectivity index (χ1) is 12.2. The number of hydrogen-bond acceptors (Lipinski definition) is 6. The number of amides is 2. The first-order valence-corrected chi connectivity index (χ1v) is 9.41. The lowest BCUT2D eigenvalue weighted by Crippen LogP contribution is -2.51. The Labute approximate surface area is 158 Å². The van der Waals surface area contributed by atoms with Crippen LogP contribution in [-0.2, 0) is 4.79 Å². The Morgan fingerprint density at radius 1 is 1.31 bits per heavy atom. The molecule has 0 spiro atoms. The number of nitrogens with zero attached hydrogens (tertiary/aromatic N) is 4. The maximum absolute atomic E-state index is 13.1.